The van der Waals surface area contributed by atoms with Crippen LogP contribution >= 0.6 is 11.6 Å². The number of rotatable bonds is 8. The van der Waals surface area contributed by atoms with E-state index in [9.17, 15) is 4.79 Å². The number of imidazole rings is 1. The zero-order valence-corrected chi connectivity index (χ0v) is 22.5. The number of carbonyl (C=O) groups excluding carboxylic acids is 1. The number of nitrogen functional groups attached to an aromatic ring is 1. The monoisotopic (exact) mass is 556 g/mol. The van der Waals surface area contributed by atoms with Crippen molar-refractivity contribution < 1.29 is 4.79 Å². The Morgan fingerprint density at radius 3 is 2.25 bits per heavy atom. The number of hydrogen-bond acceptors (Lipinski definition) is 8. The zero-order valence-electron chi connectivity index (χ0n) is 21.8. The molecule has 3 aliphatic rings. The van der Waals surface area contributed by atoms with Gasteiger partial charge in [0.1, 0.15) is 23.6 Å². The molecule has 0 bridgehead atoms. The standard InChI is InChI=1S/C28H29ClN10O/c29-15-23(40)36-11-13-37(14-12-36)25(20-7-3-1-4-8-20)26(21-9-5-2-6-10-21)39-17-22(34-35-39)16-38-19-33-27(30)24-28(38)32-18-31-24/h1-10,17-19,25-26H,11-16,30H2/t25-,26+/m0/s1. The summed E-state index contributed by atoms with van der Waals surface area (Å²) in [5, 5.41) is 9.17. The molecule has 3 aliphatic heterocycles. The molecule has 2 atom stereocenters. The summed E-state index contributed by atoms with van der Waals surface area (Å²) in [6.07, 6.45) is 5.10. The minimum Gasteiger partial charge on any atom is -0.382 e. The van der Waals surface area contributed by atoms with Crippen LogP contribution in [0.4, 0.5) is 5.82 Å². The van der Waals surface area contributed by atoms with Crippen LogP contribution in [0.1, 0.15) is 28.9 Å². The number of amides is 1. The molecule has 11 nitrogen and oxygen atoms in total. The summed E-state index contributed by atoms with van der Waals surface area (Å²) in [5.74, 6) is 0.959. The molecule has 0 spiro atoms. The number of aromatic nitrogens is 7. The van der Waals surface area contributed by atoms with Gasteiger partial charge < -0.3 is 15.2 Å². The summed E-state index contributed by atoms with van der Waals surface area (Å²) in [6, 6.07) is 20.5. The highest BCUT2D eigenvalue weighted by Gasteiger charge is 2.35. The third-order valence-corrected chi connectivity index (χ3v) is 7.59. The molecule has 1 amide bonds. The van der Waals surface area contributed by atoms with Crippen molar-refractivity contribution in [2.75, 3.05) is 37.8 Å². The first kappa shape index (κ1) is 25.9. The van der Waals surface area contributed by atoms with Crippen molar-refractivity contribution in [3.63, 3.8) is 0 Å². The van der Waals surface area contributed by atoms with Crippen molar-refractivity contribution >= 4 is 23.3 Å². The highest BCUT2D eigenvalue weighted by molar-refractivity contribution is 6.27. The second-order valence-electron chi connectivity index (χ2n) is 9.75. The minimum atomic E-state index is -0.173. The third-order valence-electron chi connectivity index (χ3n) is 7.36. The smallest absolute Gasteiger partial charge is 0.237 e. The summed E-state index contributed by atoms with van der Waals surface area (Å²) < 4.78 is 3.81. The average Bonchev–Trinajstić information content (AvgIpc) is 3.69. The van der Waals surface area contributed by atoms with Crippen molar-refractivity contribution in [3.8, 4) is 11.5 Å². The van der Waals surface area contributed by atoms with E-state index in [1.165, 1.54) is 6.33 Å². The van der Waals surface area contributed by atoms with Gasteiger partial charge in [-0.2, -0.15) is 0 Å². The number of piperazine rings is 1. The Morgan fingerprint density at radius 2 is 1.57 bits per heavy atom. The lowest BCUT2D eigenvalue weighted by atomic mass is 9.91. The third kappa shape index (κ3) is 5.13. The number of alkyl halides is 1. The summed E-state index contributed by atoms with van der Waals surface area (Å²) in [5.41, 5.74) is 9.56. The van der Waals surface area contributed by atoms with Crippen LogP contribution in [-0.4, -0.2) is 82.3 Å². The van der Waals surface area contributed by atoms with Crippen LogP contribution in [0.25, 0.3) is 11.5 Å². The molecule has 6 rings (SSSR count). The molecule has 12 heteroatoms. The quantitative estimate of drug-likeness (QED) is 0.289. The second kappa shape index (κ2) is 11.4. The highest BCUT2D eigenvalue weighted by Crippen LogP contribution is 2.37. The number of anilines is 1. The van der Waals surface area contributed by atoms with Gasteiger partial charge in [0.15, 0.2) is 11.6 Å². The van der Waals surface area contributed by atoms with Crippen molar-refractivity contribution in [2.45, 2.75) is 18.6 Å². The van der Waals surface area contributed by atoms with Gasteiger partial charge in [-0.3, -0.25) is 9.69 Å². The molecule has 1 fully saturated rings. The Labute approximate surface area is 236 Å². The SMILES string of the molecule is Nc1ncn(Cc2cn([C@H](c3ccccc3)[C@H](c3ccccc3)N3CCN(C(=O)CCl)CC3)nn2)c2ncnc1-2. The summed E-state index contributed by atoms with van der Waals surface area (Å²) >= 11 is 5.84. The number of nitrogens with two attached hydrogens (primary N) is 1. The maximum atomic E-state index is 12.3. The van der Waals surface area contributed by atoms with Gasteiger partial charge in [0.05, 0.1) is 31.2 Å². The molecule has 0 aliphatic carbocycles. The Hall–Kier alpha value is -4.35. The first-order valence-corrected chi connectivity index (χ1v) is 13.7. The maximum Gasteiger partial charge on any atom is 0.237 e. The fourth-order valence-electron chi connectivity index (χ4n) is 5.42. The minimum absolute atomic E-state index is 0.000634. The number of carbonyl (C=O) groups is 1. The van der Waals surface area contributed by atoms with Gasteiger partial charge in [0.25, 0.3) is 0 Å². The van der Waals surface area contributed by atoms with E-state index >= 15 is 0 Å². The predicted molar refractivity (Wildman–Crippen MR) is 151 cm³/mol. The number of halogens is 1. The van der Waals surface area contributed by atoms with Crippen LogP contribution in [-0.2, 0) is 11.3 Å². The normalized spacial score (nSPS) is 15.8. The van der Waals surface area contributed by atoms with E-state index in [1.807, 2.05) is 44.6 Å². The van der Waals surface area contributed by atoms with Gasteiger partial charge in [-0.1, -0.05) is 65.9 Å². The lowest BCUT2D eigenvalue weighted by Gasteiger charge is -2.42. The maximum absolute atomic E-state index is 12.3. The van der Waals surface area contributed by atoms with Crippen molar-refractivity contribution in [2.24, 2.45) is 0 Å². The van der Waals surface area contributed by atoms with Crippen molar-refractivity contribution in [1.82, 2.24) is 44.3 Å². The van der Waals surface area contributed by atoms with E-state index in [0.29, 0.717) is 50.1 Å². The van der Waals surface area contributed by atoms with Gasteiger partial charge in [0, 0.05) is 26.2 Å². The van der Waals surface area contributed by atoms with Crippen LogP contribution < -0.4 is 5.73 Å². The van der Waals surface area contributed by atoms with Gasteiger partial charge in [-0.05, 0) is 11.1 Å². The molecule has 0 unspecified atom stereocenters. The lowest BCUT2D eigenvalue weighted by molar-refractivity contribution is -0.130. The Bertz CT molecular complexity index is 1530. The van der Waals surface area contributed by atoms with E-state index in [2.05, 4.69) is 66.6 Å². The Morgan fingerprint density at radius 1 is 0.900 bits per heavy atom. The van der Waals surface area contributed by atoms with Crippen molar-refractivity contribution in [1.29, 1.82) is 0 Å². The molecule has 2 aromatic carbocycles. The fourth-order valence-corrected chi connectivity index (χ4v) is 5.59. The summed E-state index contributed by atoms with van der Waals surface area (Å²) in [7, 11) is 0. The first-order valence-electron chi connectivity index (χ1n) is 13.1. The van der Waals surface area contributed by atoms with E-state index in [0.717, 1.165) is 16.8 Å². The van der Waals surface area contributed by atoms with Gasteiger partial charge in [0.2, 0.25) is 5.91 Å². The molecule has 40 heavy (non-hydrogen) atoms. The largest absolute Gasteiger partial charge is 0.382 e. The number of benzene rings is 2. The Kier molecular flexibility index (Phi) is 7.39. The van der Waals surface area contributed by atoms with E-state index in [4.69, 9.17) is 17.3 Å². The number of hydrogen-bond donors (Lipinski definition) is 1. The fraction of sp³-hybridized carbons (Fsp3) is 0.286. The van der Waals surface area contributed by atoms with Gasteiger partial charge in [-0.25, -0.2) is 19.6 Å². The molecule has 3 aromatic rings. The van der Waals surface area contributed by atoms with Gasteiger partial charge >= 0.3 is 0 Å². The van der Waals surface area contributed by atoms with Crippen LogP contribution in [0.3, 0.4) is 0 Å². The molecule has 2 N–H and O–H groups in total. The molecular formula is C28H29ClN10O. The van der Waals surface area contributed by atoms with Crippen LogP contribution in [0.15, 0.2) is 79.5 Å². The van der Waals surface area contributed by atoms with Crippen molar-refractivity contribution in [3.05, 3.63) is 96.3 Å². The number of fused-ring (bicyclic) bond motifs is 1. The molecule has 204 valence electrons. The molecule has 1 aromatic heterocycles. The zero-order chi connectivity index (χ0) is 27.5. The van der Waals surface area contributed by atoms with Crippen LogP contribution in [0, 0.1) is 0 Å². The highest BCUT2D eigenvalue weighted by atomic mass is 35.5. The number of nitrogens with zero attached hydrogens (tertiary/aromatic N) is 9. The first-order chi connectivity index (χ1) is 19.6. The second-order valence-corrected chi connectivity index (χ2v) is 10.0. The van der Waals surface area contributed by atoms with Gasteiger partial charge in [-0.15, -0.1) is 16.7 Å². The lowest BCUT2D eigenvalue weighted by Crippen LogP contribution is -2.51. The van der Waals surface area contributed by atoms with E-state index < -0.39 is 0 Å². The van der Waals surface area contributed by atoms with Crippen LogP contribution in [0.2, 0.25) is 0 Å². The van der Waals surface area contributed by atoms with E-state index in [1.54, 1.807) is 6.33 Å². The Balaban J connectivity index is 1.36. The predicted octanol–water partition coefficient (Wildman–Crippen LogP) is 2.71. The molecule has 4 heterocycles. The topological polar surface area (TPSA) is 124 Å². The molecule has 0 saturated carbocycles. The average molecular weight is 557 g/mol. The molecule has 0 radical (unpaired) electrons. The summed E-state index contributed by atoms with van der Waals surface area (Å²) in [4.78, 5) is 29.4. The van der Waals surface area contributed by atoms with E-state index in [-0.39, 0.29) is 23.9 Å². The summed E-state index contributed by atoms with van der Waals surface area (Å²) in [6.45, 7) is 3.09. The van der Waals surface area contributed by atoms with Crippen LogP contribution in [0.5, 0.6) is 0 Å². The molecule has 1 saturated heterocycles. The molecular weight excluding hydrogens is 528 g/mol.